The summed E-state index contributed by atoms with van der Waals surface area (Å²) in [5, 5.41) is 19.6. The summed E-state index contributed by atoms with van der Waals surface area (Å²) in [6, 6.07) is 2.59. The van der Waals surface area contributed by atoms with E-state index in [-0.39, 0.29) is 5.56 Å². The molecule has 1 N–H and O–H groups in total. The van der Waals surface area contributed by atoms with Crippen molar-refractivity contribution >= 4 is 25.3 Å². The summed E-state index contributed by atoms with van der Waals surface area (Å²) < 4.78 is 0. The van der Waals surface area contributed by atoms with Crippen molar-refractivity contribution in [3.05, 3.63) is 27.8 Å². The summed E-state index contributed by atoms with van der Waals surface area (Å²) in [6.07, 6.45) is 0.384. The highest BCUT2D eigenvalue weighted by Crippen LogP contribution is 2.26. The van der Waals surface area contributed by atoms with Crippen molar-refractivity contribution in [2.24, 2.45) is 0 Å². The fraction of sp³-hybridized carbons (Fsp3) is 0. The van der Waals surface area contributed by atoms with Crippen LogP contribution in [0, 0.1) is 10.1 Å². The van der Waals surface area contributed by atoms with Gasteiger partial charge in [-0.25, -0.2) is 0 Å². The van der Waals surface area contributed by atoms with Crippen molar-refractivity contribution < 1.29 is 14.8 Å². The molecular formula is C7H6BNO4. The summed E-state index contributed by atoms with van der Waals surface area (Å²) in [4.78, 5) is 20.0. The first-order chi connectivity index (χ1) is 6.06. The first-order valence-electron chi connectivity index (χ1n) is 3.49. The number of nitrogens with zero attached hydrogens (tertiary/aromatic N) is 1. The maximum atomic E-state index is 10.4. The zero-order chi connectivity index (χ0) is 10.0. The maximum absolute atomic E-state index is 10.4. The molecule has 0 saturated heterocycles. The van der Waals surface area contributed by atoms with Crippen LogP contribution >= 0.6 is 0 Å². The Morgan fingerprint density at radius 2 is 2.15 bits per heavy atom. The first-order valence-corrected chi connectivity index (χ1v) is 3.49. The Kier molecular flexibility index (Phi) is 2.32. The normalized spacial score (nSPS) is 9.54. The number of nitro benzene ring substituents is 1. The maximum Gasteiger partial charge on any atom is 0.310 e. The Hall–Kier alpha value is -1.85. The second-order valence-corrected chi connectivity index (χ2v) is 2.60. The molecule has 1 rings (SSSR count). The lowest BCUT2D eigenvalue weighted by Crippen LogP contribution is -2.06. The number of nitro groups is 1. The number of phenols is 1. The van der Waals surface area contributed by atoms with Crippen LogP contribution in [-0.2, 0) is 0 Å². The molecular weight excluding hydrogens is 173 g/mol. The van der Waals surface area contributed by atoms with E-state index in [0.717, 1.165) is 0 Å². The van der Waals surface area contributed by atoms with Gasteiger partial charge in [0.2, 0.25) is 5.75 Å². The van der Waals surface area contributed by atoms with Crippen LogP contribution in [0.1, 0.15) is 10.4 Å². The van der Waals surface area contributed by atoms with Gasteiger partial charge in [0.05, 0.1) is 10.5 Å². The molecule has 6 heteroatoms. The molecule has 0 fully saturated rings. The van der Waals surface area contributed by atoms with E-state index in [1.807, 2.05) is 0 Å². The average molecular weight is 179 g/mol. The van der Waals surface area contributed by atoms with Gasteiger partial charge in [-0.2, -0.15) is 0 Å². The predicted octanol–water partition coefficient (Wildman–Crippen LogP) is -0.629. The van der Waals surface area contributed by atoms with Gasteiger partial charge < -0.3 is 5.11 Å². The van der Waals surface area contributed by atoms with Gasteiger partial charge >= 0.3 is 5.69 Å². The fourth-order valence-electron chi connectivity index (χ4n) is 1.02. The lowest BCUT2D eigenvalue weighted by Gasteiger charge is -2.00. The molecule has 5 nitrogen and oxygen atoms in total. The Bertz CT molecular complexity index is 377. The molecule has 0 aliphatic carbocycles. The lowest BCUT2D eigenvalue weighted by atomic mass is 9.93. The van der Waals surface area contributed by atoms with Crippen LogP contribution in [0.3, 0.4) is 0 Å². The molecule has 0 aromatic heterocycles. The minimum atomic E-state index is -0.727. The number of hydrogen-bond donors (Lipinski definition) is 1. The molecule has 0 spiro atoms. The SMILES string of the molecule is Bc1cc(C=O)c(O)c([N+](=O)[O-])c1. The molecule has 1 aromatic rings. The third-order valence-electron chi connectivity index (χ3n) is 1.59. The first kappa shape index (κ1) is 9.24. The monoisotopic (exact) mass is 179 g/mol. The molecule has 0 saturated carbocycles. The molecule has 66 valence electrons. The van der Waals surface area contributed by atoms with Crippen molar-refractivity contribution in [2.75, 3.05) is 0 Å². The van der Waals surface area contributed by atoms with Crippen molar-refractivity contribution in [3.63, 3.8) is 0 Å². The van der Waals surface area contributed by atoms with Gasteiger partial charge in [0, 0.05) is 6.07 Å². The van der Waals surface area contributed by atoms with E-state index in [1.54, 1.807) is 7.85 Å². The average Bonchev–Trinajstić information content (AvgIpc) is 2.08. The third kappa shape index (κ3) is 1.66. The van der Waals surface area contributed by atoms with Gasteiger partial charge in [0.1, 0.15) is 7.85 Å². The van der Waals surface area contributed by atoms with E-state index in [1.165, 1.54) is 12.1 Å². The van der Waals surface area contributed by atoms with Crippen molar-refractivity contribution in [3.8, 4) is 5.75 Å². The summed E-state index contributed by atoms with van der Waals surface area (Å²) in [5.74, 6) is -0.578. The van der Waals surface area contributed by atoms with Crippen LogP contribution in [0.4, 0.5) is 5.69 Å². The highest BCUT2D eigenvalue weighted by Gasteiger charge is 2.16. The van der Waals surface area contributed by atoms with Gasteiger partial charge in [-0.3, -0.25) is 14.9 Å². The predicted molar refractivity (Wildman–Crippen MR) is 48.3 cm³/mol. The third-order valence-corrected chi connectivity index (χ3v) is 1.59. The van der Waals surface area contributed by atoms with E-state index in [4.69, 9.17) is 0 Å². The second kappa shape index (κ2) is 3.26. The molecule has 0 aliphatic rings. The quantitative estimate of drug-likeness (QED) is 0.283. The minimum absolute atomic E-state index is 0.0632. The van der Waals surface area contributed by atoms with Gasteiger partial charge in [-0.15, -0.1) is 0 Å². The van der Waals surface area contributed by atoms with Crippen LogP contribution in [0.2, 0.25) is 0 Å². The topological polar surface area (TPSA) is 80.4 Å². The Balaban J connectivity index is 3.44. The molecule has 0 bridgehead atoms. The highest BCUT2D eigenvalue weighted by molar-refractivity contribution is 6.33. The summed E-state index contributed by atoms with van der Waals surface area (Å²) >= 11 is 0. The molecule has 1 aromatic carbocycles. The number of hydrogen-bond acceptors (Lipinski definition) is 4. The number of phenolic OH excluding ortho intramolecular Hbond substituents is 1. The fourth-order valence-corrected chi connectivity index (χ4v) is 1.02. The zero-order valence-corrected chi connectivity index (χ0v) is 6.85. The van der Waals surface area contributed by atoms with Gasteiger partial charge in [-0.05, 0) is 0 Å². The van der Waals surface area contributed by atoms with E-state index >= 15 is 0 Å². The smallest absolute Gasteiger partial charge is 0.310 e. The lowest BCUT2D eigenvalue weighted by molar-refractivity contribution is -0.385. The molecule has 0 unspecified atom stereocenters. The number of benzene rings is 1. The minimum Gasteiger partial charge on any atom is -0.502 e. The van der Waals surface area contributed by atoms with Crippen LogP contribution < -0.4 is 5.46 Å². The number of carbonyl (C=O) groups excluding carboxylic acids is 1. The van der Waals surface area contributed by atoms with Crippen molar-refractivity contribution in [1.82, 2.24) is 0 Å². The zero-order valence-electron chi connectivity index (χ0n) is 6.85. The Labute approximate surface area is 74.6 Å². The summed E-state index contributed by atoms with van der Waals surface area (Å²) in [7, 11) is 1.61. The van der Waals surface area contributed by atoms with Gasteiger partial charge in [-0.1, -0.05) is 11.5 Å². The van der Waals surface area contributed by atoms with E-state index < -0.39 is 16.4 Å². The van der Waals surface area contributed by atoms with Crippen LogP contribution in [0.15, 0.2) is 12.1 Å². The Morgan fingerprint density at radius 1 is 1.54 bits per heavy atom. The summed E-state index contributed by atoms with van der Waals surface area (Å²) in [5.41, 5.74) is 0.0559. The van der Waals surface area contributed by atoms with Crippen molar-refractivity contribution in [2.45, 2.75) is 0 Å². The molecule has 0 aliphatic heterocycles. The second-order valence-electron chi connectivity index (χ2n) is 2.60. The molecule has 13 heavy (non-hydrogen) atoms. The van der Waals surface area contributed by atoms with Crippen LogP contribution in [-0.4, -0.2) is 24.2 Å². The van der Waals surface area contributed by atoms with E-state index in [9.17, 15) is 20.0 Å². The molecule has 0 amide bonds. The number of carbonyl (C=O) groups is 1. The van der Waals surface area contributed by atoms with Gasteiger partial charge in [0.15, 0.2) is 6.29 Å². The highest BCUT2D eigenvalue weighted by atomic mass is 16.6. The number of aromatic hydroxyl groups is 1. The molecule has 0 heterocycles. The van der Waals surface area contributed by atoms with E-state index in [2.05, 4.69) is 0 Å². The van der Waals surface area contributed by atoms with E-state index in [0.29, 0.717) is 11.7 Å². The largest absolute Gasteiger partial charge is 0.502 e. The van der Waals surface area contributed by atoms with Crippen LogP contribution in [0.5, 0.6) is 5.75 Å². The van der Waals surface area contributed by atoms with Crippen molar-refractivity contribution in [1.29, 1.82) is 0 Å². The summed E-state index contributed by atoms with van der Waals surface area (Å²) in [6.45, 7) is 0. The standard InChI is InChI=1S/C7H6BNO4/c8-5-1-4(3-10)7(11)6(2-5)9(12)13/h1-3,11H,8H2. The van der Waals surface area contributed by atoms with Gasteiger partial charge in [0.25, 0.3) is 0 Å². The molecule has 0 atom stereocenters. The molecule has 0 radical (unpaired) electrons. The number of aldehydes is 1. The number of rotatable bonds is 2. The van der Waals surface area contributed by atoms with Crippen LogP contribution in [0.25, 0.3) is 0 Å². The Morgan fingerprint density at radius 3 is 2.62 bits per heavy atom.